The summed E-state index contributed by atoms with van der Waals surface area (Å²) in [5, 5.41) is 9.49. The molecular formula is C22H26F2N4O. The van der Waals surface area contributed by atoms with Gasteiger partial charge in [0.05, 0.1) is 5.69 Å². The van der Waals surface area contributed by atoms with Crippen LogP contribution in [-0.2, 0) is 13.0 Å². The number of hydrogen-bond donors (Lipinski definition) is 1. The minimum absolute atomic E-state index is 0.159. The summed E-state index contributed by atoms with van der Waals surface area (Å²) in [5.74, 6) is -0.488. The molecule has 0 spiro atoms. The molecule has 2 saturated heterocycles. The predicted octanol–water partition coefficient (Wildman–Crippen LogP) is 3.23. The quantitative estimate of drug-likeness (QED) is 0.854. The van der Waals surface area contributed by atoms with E-state index in [0.29, 0.717) is 18.2 Å². The molecule has 1 N–H and O–H groups in total. The van der Waals surface area contributed by atoms with Crippen molar-refractivity contribution in [1.29, 1.82) is 0 Å². The summed E-state index contributed by atoms with van der Waals surface area (Å²) in [6, 6.07) is 4.86. The third-order valence-electron chi connectivity index (χ3n) is 6.76. The van der Waals surface area contributed by atoms with E-state index in [1.807, 2.05) is 6.20 Å². The van der Waals surface area contributed by atoms with Gasteiger partial charge in [0.1, 0.15) is 0 Å². The third-order valence-corrected chi connectivity index (χ3v) is 6.76. The summed E-state index contributed by atoms with van der Waals surface area (Å²) in [4.78, 5) is 14.0. The number of anilines is 1. The van der Waals surface area contributed by atoms with Crippen LogP contribution in [-0.4, -0.2) is 45.7 Å². The Morgan fingerprint density at radius 3 is 2.93 bits per heavy atom. The SMILES string of the molecule is OCC1CCCN(c2ncc3c(n2)CC2CCC3N2Cc2cccc(F)c2F)C1. The number of rotatable bonds is 4. The Labute approximate surface area is 169 Å². The maximum Gasteiger partial charge on any atom is 0.225 e. The van der Waals surface area contributed by atoms with Crippen molar-refractivity contribution < 1.29 is 13.9 Å². The molecule has 7 heteroatoms. The first kappa shape index (κ1) is 18.9. The Balaban J connectivity index is 1.38. The zero-order valence-corrected chi connectivity index (χ0v) is 16.4. The standard InChI is InChI=1S/C22H26F2N4O/c23-18-5-1-4-15(21(18)24)12-28-16-6-7-20(28)17-10-25-22(26-19(17)9-16)27-8-2-3-14(11-27)13-29/h1,4-5,10,14,16,20,29H,2-3,6-9,11-13H2. The zero-order chi connectivity index (χ0) is 20.0. The molecule has 1 aromatic carbocycles. The van der Waals surface area contributed by atoms with E-state index in [4.69, 9.17) is 4.98 Å². The summed E-state index contributed by atoms with van der Waals surface area (Å²) in [5.41, 5.74) is 2.62. The number of aromatic nitrogens is 2. The van der Waals surface area contributed by atoms with Crippen LogP contribution in [0.5, 0.6) is 0 Å². The van der Waals surface area contributed by atoms with Crippen LogP contribution in [0.2, 0.25) is 0 Å². The summed E-state index contributed by atoms with van der Waals surface area (Å²) in [7, 11) is 0. The highest BCUT2D eigenvalue weighted by Gasteiger charge is 2.41. The van der Waals surface area contributed by atoms with Crippen LogP contribution < -0.4 is 4.90 Å². The number of nitrogens with zero attached hydrogens (tertiary/aromatic N) is 4. The molecule has 5 nitrogen and oxygen atoms in total. The molecule has 2 bridgehead atoms. The summed E-state index contributed by atoms with van der Waals surface area (Å²) >= 11 is 0. The molecule has 0 amide bonds. The fraction of sp³-hybridized carbons (Fsp3) is 0.545. The number of aliphatic hydroxyl groups is 1. The molecule has 0 aliphatic carbocycles. The molecule has 29 heavy (non-hydrogen) atoms. The highest BCUT2D eigenvalue weighted by atomic mass is 19.2. The van der Waals surface area contributed by atoms with Crippen molar-refractivity contribution >= 4 is 5.95 Å². The Morgan fingerprint density at radius 2 is 2.07 bits per heavy atom. The van der Waals surface area contributed by atoms with E-state index in [1.54, 1.807) is 12.1 Å². The van der Waals surface area contributed by atoms with Gasteiger partial charge in [0, 0.05) is 62.1 Å². The van der Waals surface area contributed by atoms with Crippen LogP contribution in [0, 0.1) is 17.6 Å². The molecule has 2 fully saturated rings. The van der Waals surface area contributed by atoms with E-state index in [0.717, 1.165) is 68.5 Å². The molecule has 3 unspecified atom stereocenters. The fourth-order valence-corrected chi connectivity index (χ4v) is 5.23. The minimum atomic E-state index is -0.789. The minimum Gasteiger partial charge on any atom is -0.396 e. The number of halogens is 2. The third kappa shape index (κ3) is 3.40. The van der Waals surface area contributed by atoms with Crippen LogP contribution in [0.15, 0.2) is 24.4 Å². The van der Waals surface area contributed by atoms with Crippen molar-refractivity contribution in [2.75, 3.05) is 24.6 Å². The molecule has 3 aliphatic heterocycles. The first-order chi connectivity index (χ1) is 14.1. The molecule has 2 aromatic rings. The second-order valence-corrected chi connectivity index (χ2v) is 8.55. The lowest BCUT2D eigenvalue weighted by molar-refractivity contribution is 0.163. The number of piperidine rings is 1. The van der Waals surface area contributed by atoms with Crippen LogP contribution in [0.1, 0.15) is 48.5 Å². The van der Waals surface area contributed by atoms with Gasteiger partial charge in [-0.05, 0) is 37.7 Å². The maximum absolute atomic E-state index is 14.2. The van der Waals surface area contributed by atoms with Crippen LogP contribution in [0.3, 0.4) is 0 Å². The Bertz CT molecular complexity index is 908. The largest absolute Gasteiger partial charge is 0.396 e. The topological polar surface area (TPSA) is 52.5 Å². The van der Waals surface area contributed by atoms with Gasteiger partial charge in [-0.25, -0.2) is 18.7 Å². The summed E-state index contributed by atoms with van der Waals surface area (Å²) in [6.07, 6.45) is 6.87. The fourth-order valence-electron chi connectivity index (χ4n) is 5.23. The first-order valence-electron chi connectivity index (χ1n) is 10.5. The molecule has 3 aliphatic rings. The van der Waals surface area contributed by atoms with E-state index in [9.17, 15) is 13.9 Å². The van der Waals surface area contributed by atoms with Crippen LogP contribution >= 0.6 is 0 Å². The number of benzene rings is 1. The van der Waals surface area contributed by atoms with Crippen molar-refractivity contribution in [3.8, 4) is 0 Å². The van der Waals surface area contributed by atoms with E-state index in [-0.39, 0.29) is 18.6 Å². The highest BCUT2D eigenvalue weighted by Crippen LogP contribution is 2.44. The van der Waals surface area contributed by atoms with Gasteiger partial charge in [0.25, 0.3) is 0 Å². The molecular weight excluding hydrogens is 374 g/mol. The van der Waals surface area contributed by atoms with Gasteiger partial charge in [-0.3, -0.25) is 4.90 Å². The zero-order valence-electron chi connectivity index (χ0n) is 16.4. The molecule has 3 atom stereocenters. The van der Waals surface area contributed by atoms with Gasteiger partial charge >= 0.3 is 0 Å². The normalized spacial score (nSPS) is 26.6. The second kappa shape index (κ2) is 7.61. The molecule has 4 heterocycles. The predicted molar refractivity (Wildman–Crippen MR) is 105 cm³/mol. The Kier molecular flexibility index (Phi) is 4.95. The maximum atomic E-state index is 14.2. The van der Waals surface area contributed by atoms with Crippen LogP contribution in [0.4, 0.5) is 14.7 Å². The van der Waals surface area contributed by atoms with E-state index in [2.05, 4.69) is 14.8 Å². The van der Waals surface area contributed by atoms with Crippen molar-refractivity contribution in [3.63, 3.8) is 0 Å². The van der Waals surface area contributed by atoms with Gasteiger partial charge in [0.2, 0.25) is 5.95 Å². The number of aliphatic hydroxyl groups excluding tert-OH is 1. The molecule has 154 valence electrons. The van der Waals surface area contributed by atoms with Gasteiger partial charge in [-0.1, -0.05) is 12.1 Å². The second-order valence-electron chi connectivity index (χ2n) is 8.55. The van der Waals surface area contributed by atoms with Gasteiger partial charge in [-0.2, -0.15) is 0 Å². The summed E-state index contributed by atoms with van der Waals surface area (Å²) in [6.45, 7) is 2.34. The van der Waals surface area contributed by atoms with Crippen molar-refractivity contribution in [3.05, 3.63) is 52.9 Å². The number of fused-ring (bicyclic) bond motifs is 4. The van der Waals surface area contributed by atoms with Gasteiger partial charge in [0.15, 0.2) is 11.6 Å². The lowest BCUT2D eigenvalue weighted by Gasteiger charge is -2.37. The van der Waals surface area contributed by atoms with Crippen molar-refractivity contribution in [2.45, 2.75) is 50.7 Å². The molecule has 0 saturated carbocycles. The molecule has 5 rings (SSSR count). The Hall–Kier alpha value is -2.12. The number of hydrogen-bond acceptors (Lipinski definition) is 5. The highest BCUT2D eigenvalue weighted by molar-refractivity contribution is 5.38. The molecule has 0 radical (unpaired) electrons. The van der Waals surface area contributed by atoms with E-state index >= 15 is 0 Å². The lowest BCUT2D eigenvalue weighted by atomic mass is 9.98. The lowest BCUT2D eigenvalue weighted by Crippen LogP contribution is -2.40. The average molecular weight is 400 g/mol. The Morgan fingerprint density at radius 1 is 1.17 bits per heavy atom. The van der Waals surface area contributed by atoms with Crippen molar-refractivity contribution in [1.82, 2.24) is 14.9 Å². The van der Waals surface area contributed by atoms with Gasteiger partial charge < -0.3 is 10.0 Å². The smallest absolute Gasteiger partial charge is 0.225 e. The summed E-state index contributed by atoms with van der Waals surface area (Å²) < 4.78 is 27.8. The van der Waals surface area contributed by atoms with E-state index < -0.39 is 11.6 Å². The van der Waals surface area contributed by atoms with E-state index in [1.165, 1.54) is 0 Å². The van der Waals surface area contributed by atoms with Gasteiger partial charge in [-0.15, -0.1) is 0 Å². The average Bonchev–Trinajstić information content (AvgIpc) is 3.02. The molecule has 1 aromatic heterocycles. The van der Waals surface area contributed by atoms with Crippen molar-refractivity contribution in [2.24, 2.45) is 5.92 Å². The first-order valence-corrected chi connectivity index (χ1v) is 10.5. The van der Waals surface area contributed by atoms with Crippen LogP contribution in [0.25, 0.3) is 0 Å². The monoisotopic (exact) mass is 400 g/mol.